The van der Waals surface area contributed by atoms with Crippen molar-refractivity contribution in [3.63, 3.8) is 0 Å². The molecule has 0 radical (unpaired) electrons. The Kier molecular flexibility index (Phi) is 7.17. The van der Waals surface area contributed by atoms with Gasteiger partial charge < -0.3 is 18.3 Å². The Morgan fingerprint density at radius 3 is 1.88 bits per heavy atom. The first-order chi connectivity index (χ1) is 18.6. The average Bonchev–Trinajstić information content (AvgIpc) is 3.22. The highest BCUT2D eigenvalue weighted by Crippen LogP contribution is 2.52. The van der Waals surface area contributed by atoms with Crippen molar-refractivity contribution >= 4 is 38.1 Å². The molecule has 5 rings (SSSR count). The second kappa shape index (κ2) is 9.96. The first kappa shape index (κ1) is 28.8. The molecule has 4 nitrogen and oxygen atoms in total. The summed E-state index contributed by atoms with van der Waals surface area (Å²) in [5.74, 6) is 3.33. The van der Waals surface area contributed by atoms with Crippen molar-refractivity contribution in [2.75, 3.05) is 0 Å². The van der Waals surface area contributed by atoms with Gasteiger partial charge in [-0.05, 0) is 78.7 Å². The fraction of sp³-hybridized carbons (Fsp3) is 0.394. The zero-order valence-corrected chi connectivity index (χ0v) is 28.3. The maximum atomic E-state index is 6.66. The van der Waals surface area contributed by atoms with Crippen LogP contribution in [0.3, 0.4) is 0 Å². The van der Waals surface area contributed by atoms with Gasteiger partial charge in [-0.15, -0.1) is 11.3 Å². The van der Waals surface area contributed by atoms with E-state index in [0.29, 0.717) is 0 Å². The molecule has 7 heteroatoms. The molecular formula is C33H42O4SSi2. The minimum absolute atomic E-state index is 0.103. The van der Waals surface area contributed by atoms with Crippen LogP contribution in [0, 0.1) is 0 Å². The lowest BCUT2D eigenvalue weighted by Crippen LogP contribution is -2.43. The highest BCUT2D eigenvalue weighted by molar-refractivity contribution is 7.22. The summed E-state index contributed by atoms with van der Waals surface area (Å²) in [6.45, 7) is 22.7. The van der Waals surface area contributed by atoms with Crippen LogP contribution >= 0.6 is 11.3 Å². The third-order valence-electron chi connectivity index (χ3n) is 8.71. The number of thiophene rings is 1. The largest absolute Gasteiger partial charge is 0.543 e. The molecule has 1 unspecified atom stereocenters. The van der Waals surface area contributed by atoms with Gasteiger partial charge in [0.25, 0.3) is 6.29 Å². The Balaban J connectivity index is 1.59. The van der Waals surface area contributed by atoms with Gasteiger partial charge in [0.1, 0.15) is 23.0 Å². The molecule has 0 bridgehead atoms. The van der Waals surface area contributed by atoms with Crippen molar-refractivity contribution in [1.29, 1.82) is 0 Å². The molecule has 0 saturated heterocycles. The molecule has 0 N–H and O–H groups in total. The van der Waals surface area contributed by atoms with Crippen molar-refractivity contribution in [2.45, 2.75) is 84.1 Å². The van der Waals surface area contributed by atoms with Crippen LogP contribution in [0.4, 0.5) is 0 Å². The molecule has 0 spiro atoms. The Hall–Kier alpha value is -2.75. The van der Waals surface area contributed by atoms with Crippen molar-refractivity contribution in [2.24, 2.45) is 0 Å². The van der Waals surface area contributed by atoms with Crippen LogP contribution in [0.1, 0.15) is 53.4 Å². The lowest BCUT2D eigenvalue weighted by atomic mass is 10.0. The number of para-hydroxylation sites is 1. The summed E-state index contributed by atoms with van der Waals surface area (Å²) in [5, 5.41) is 1.36. The quantitative estimate of drug-likeness (QED) is 0.209. The first-order valence-corrected chi connectivity index (χ1v) is 20.7. The maximum Gasteiger partial charge on any atom is 0.269 e. The van der Waals surface area contributed by atoms with Crippen LogP contribution in [0.15, 0.2) is 66.7 Å². The fourth-order valence-corrected chi connectivity index (χ4v) is 7.54. The molecule has 1 atom stereocenters. The molecule has 212 valence electrons. The lowest BCUT2D eigenvalue weighted by molar-refractivity contribution is 0.00337. The highest BCUT2D eigenvalue weighted by atomic mass is 32.1. The molecule has 40 heavy (non-hydrogen) atoms. The van der Waals surface area contributed by atoms with Crippen molar-refractivity contribution in [3.05, 3.63) is 72.3 Å². The van der Waals surface area contributed by atoms with Gasteiger partial charge in [0.15, 0.2) is 0 Å². The Morgan fingerprint density at radius 2 is 1.27 bits per heavy atom. The summed E-state index contributed by atoms with van der Waals surface area (Å²) in [4.78, 5) is 1.17. The van der Waals surface area contributed by atoms with E-state index in [2.05, 4.69) is 98.1 Å². The third-order valence-corrected chi connectivity index (χ3v) is 18.6. The number of fused-ring (bicyclic) bond motifs is 5. The second-order valence-electron chi connectivity index (χ2n) is 13.8. The monoisotopic (exact) mass is 590 g/mol. The summed E-state index contributed by atoms with van der Waals surface area (Å²) < 4.78 is 27.6. The molecule has 1 aliphatic heterocycles. The number of rotatable bonds is 6. The van der Waals surface area contributed by atoms with Crippen LogP contribution < -0.4 is 18.3 Å². The molecule has 3 aromatic carbocycles. The van der Waals surface area contributed by atoms with Gasteiger partial charge in [-0.25, -0.2) is 0 Å². The standard InChI is InChI=1S/C33H42O4SSi2/c1-32(2,3)39(7,8)36-23-16-18-25-27(20-23)35-31(34-22-14-12-11-13-15-22)29-26-19-17-24(21-28(26)38-30(25)29)37-40(9,10)33(4,5)6/h11-21,31H,1-10H3. The predicted octanol–water partition coefficient (Wildman–Crippen LogP) is 10.8. The van der Waals surface area contributed by atoms with Crippen LogP contribution in [0.2, 0.25) is 36.3 Å². The van der Waals surface area contributed by atoms with E-state index < -0.39 is 22.9 Å². The number of ether oxygens (including phenoxy) is 2. The summed E-state index contributed by atoms with van der Waals surface area (Å²) in [6.07, 6.45) is -0.575. The Morgan fingerprint density at radius 1 is 0.700 bits per heavy atom. The average molecular weight is 591 g/mol. The molecule has 2 heterocycles. The van der Waals surface area contributed by atoms with Gasteiger partial charge in [-0.2, -0.15) is 0 Å². The van der Waals surface area contributed by atoms with E-state index in [1.807, 2.05) is 36.4 Å². The zero-order chi connectivity index (χ0) is 29.1. The van der Waals surface area contributed by atoms with Gasteiger partial charge in [0.05, 0.1) is 5.56 Å². The normalized spacial score (nSPS) is 15.7. The van der Waals surface area contributed by atoms with Gasteiger partial charge in [-0.3, -0.25) is 0 Å². The molecule has 1 aliphatic rings. The molecule has 0 saturated carbocycles. The van der Waals surface area contributed by atoms with E-state index in [9.17, 15) is 0 Å². The molecule has 0 aliphatic carbocycles. The summed E-state index contributed by atoms with van der Waals surface area (Å²) in [7, 11) is -3.96. The molecular weight excluding hydrogens is 549 g/mol. The van der Waals surface area contributed by atoms with Crippen LogP contribution in [-0.4, -0.2) is 16.6 Å². The fourth-order valence-electron chi connectivity index (χ4n) is 4.22. The van der Waals surface area contributed by atoms with E-state index in [-0.39, 0.29) is 10.1 Å². The molecule has 4 aromatic rings. The molecule has 0 amide bonds. The van der Waals surface area contributed by atoms with Gasteiger partial charge in [0, 0.05) is 26.6 Å². The maximum absolute atomic E-state index is 6.66. The summed E-state index contributed by atoms with van der Waals surface area (Å²) in [5.41, 5.74) is 2.13. The van der Waals surface area contributed by atoms with Gasteiger partial charge >= 0.3 is 0 Å². The summed E-state index contributed by atoms with van der Waals surface area (Å²) >= 11 is 1.77. The lowest BCUT2D eigenvalue weighted by Gasteiger charge is -2.36. The van der Waals surface area contributed by atoms with E-state index >= 15 is 0 Å². The SMILES string of the molecule is CC(C)(C)[Si](C)(C)Oc1ccc2c(c1)OC(Oc1ccccc1)c1c-2sc2cc(O[Si](C)(C)C(C)(C)C)ccc12. The topological polar surface area (TPSA) is 36.9 Å². The van der Waals surface area contributed by atoms with Crippen molar-refractivity contribution < 1.29 is 18.3 Å². The van der Waals surface area contributed by atoms with E-state index in [0.717, 1.165) is 39.5 Å². The Bertz CT molecular complexity index is 1530. The van der Waals surface area contributed by atoms with Crippen LogP contribution in [0.5, 0.6) is 23.0 Å². The minimum atomic E-state index is -2.00. The van der Waals surface area contributed by atoms with Crippen LogP contribution in [0.25, 0.3) is 20.5 Å². The number of hydrogen-bond acceptors (Lipinski definition) is 5. The highest BCUT2D eigenvalue weighted by Gasteiger charge is 2.41. The third kappa shape index (κ3) is 5.43. The van der Waals surface area contributed by atoms with Gasteiger partial charge in [0.2, 0.25) is 16.6 Å². The van der Waals surface area contributed by atoms with E-state index in [1.165, 1.54) is 9.58 Å². The van der Waals surface area contributed by atoms with E-state index in [1.54, 1.807) is 11.3 Å². The Labute approximate surface area is 245 Å². The van der Waals surface area contributed by atoms with Crippen LogP contribution in [-0.2, 0) is 0 Å². The predicted molar refractivity (Wildman–Crippen MR) is 173 cm³/mol. The molecule has 1 aromatic heterocycles. The van der Waals surface area contributed by atoms with Crippen molar-refractivity contribution in [3.8, 4) is 33.4 Å². The zero-order valence-electron chi connectivity index (χ0n) is 25.5. The number of hydrogen-bond donors (Lipinski definition) is 0. The first-order valence-electron chi connectivity index (χ1n) is 14.0. The van der Waals surface area contributed by atoms with E-state index in [4.69, 9.17) is 18.3 Å². The summed E-state index contributed by atoms with van der Waals surface area (Å²) in [6, 6.07) is 22.6. The van der Waals surface area contributed by atoms with Crippen molar-refractivity contribution in [1.82, 2.24) is 0 Å². The second-order valence-corrected chi connectivity index (χ2v) is 24.3. The molecule has 0 fully saturated rings. The number of benzene rings is 3. The minimum Gasteiger partial charge on any atom is -0.543 e. The smallest absolute Gasteiger partial charge is 0.269 e. The van der Waals surface area contributed by atoms with Gasteiger partial charge in [-0.1, -0.05) is 59.7 Å².